The summed E-state index contributed by atoms with van der Waals surface area (Å²) in [4.78, 5) is 2.81. The molecule has 3 aliphatic rings. The van der Waals surface area contributed by atoms with Gasteiger partial charge in [0.2, 0.25) is 0 Å². The number of hydrogen-bond acceptors (Lipinski definition) is 2. The highest BCUT2D eigenvalue weighted by Gasteiger charge is 2.40. The number of aliphatic hydroxyl groups excluding tert-OH is 1. The zero-order valence-electron chi connectivity index (χ0n) is 11.9. The minimum absolute atomic E-state index is 0.369. The van der Waals surface area contributed by atoms with Crippen molar-refractivity contribution in [3.05, 3.63) is 0 Å². The molecule has 1 aliphatic heterocycles. The fourth-order valence-electron chi connectivity index (χ4n) is 5.13. The average molecular weight is 251 g/mol. The highest BCUT2D eigenvalue weighted by atomic mass is 16.3. The third-order valence-corrected chi connectivity index (χ3v) is 5.83. The Morgan fingerprint density at radius 1 is 1.00 bits per heavy atom. The van der Waals surface area contributed by atoms with Crippen LogP contribution in [0.15, 0.2) is 0 Å². The lowest BCUT2D eigenvalue weighted by molar-refractivity contribution is 0.0375. The summed E-state index contributed by atoms with van der Waals surface area (Å²) in [6.45, 7) is 2.77. The smallest absolute Gasteiger partial charge is 0.0445 e. The van der Waals surface area contributed by atoms with Crippen molar-refractivity contribution >= 4 is 0 Å². The van der Waals surface area contributed by atoms with E-state index < -0.39 is 0 Å². The Balaban J connectivity index is 1.68. The second-order valence-electron chi connectivity index (χ2n) is 7.06. The Hall–Kier alpha value is -0.0800. The van der Waals surface area contributed by atoms with E-state index in [1.165, 1.54) is 51.4 Å². The van der Waals surface area contributed by atoms with Crippen molar-refractivity contribution in [2.45, 2.75) is 82.8 Å². The molecule has 3 rings (SSSR count). The van der Waals surface area contributed by atoms with Gasteiger partial charge in [-0.15, -0.1) is 0 Å². The molecule has 2 aliphatic carbocycles. The van der Waals surface area contributed by atoms with E-state index in [0.29, 0.717) is 12.6 Å². The first-order valence-electron chi connectivity index (χ1n) is 8.16. The summed E-state index contributed by atoms with van der Waals surface area (Å²) in [6, 6.07) is 2.27. The number of fused-ring (bicyclic) bond motifs is 2. The predicted molar refractivity (Wildman–Crippen MR) is 74.5 cm³/mol. The molecule has 3 fully saturated rings. The van der Waals surface area contributed by atoms with Gasteiger partial charge in [0.05, 0.1) is 0 Å². The second kappa shape index (κ2) is 5.50. The monoisotopic (exact) mass is 251 g/mol. The Morgan fingerprint density at radius 2 is 1.72 bits per heavy atom. The SMILES string of the molecule is CC1CCC(CCO)N1C1CC2CCCC(C2)C1. The topological polar surface area (TPSA) is 23.5 Å². The van der Waals surface area contributed by atoms with Crippen LogP contribution in [0.1, 0.15) is 64.7 Å². The lowest BCUT2D eigenvalue weighted by Crippen LogP contribution is -2.48. The summed E-state index contributed by atoms with van der Waals surface area (Å²) in [6.07, 6.45) is 12.5. The molecular weight excluding hydrogens is 222 g/mol. The van der Waals surface area contributed by atoms with Crippen molar-refractivity contribution in [3.63, 3.8) is 0 Å². The van der Waals surface area contributed by atoms with E-state index in [-0.39, 0.29) is 0 Å². The summed E-state index contributed by atoms with van der Waals surface area (Å²) in [5.74, 6) is 2.04. The Morgan fingerprint density at radius 3 is 2.39 bits per heavy atom. The van der Waals surface area contributed by atoms with Crippen molar-refractivity contribution in [2.24, 2.45) is 11.8 Å². The molecule has 0 radical (unpaired) electrons. The lowest BCUT2D eigenvalue weighted by atomic mass is 9.70. The first-order valence-corrected chi connectivity index (χ1v) is 8.16. The molecule has 2 saturated carbocycles. The predicted octanol–water partition coefficient (Wildman–Crippen LogP) is 3.19. The van der Waals surface area contributed by atoms with Crippen LogP contribution in [0.4, 0.5) is 0 Å². The molecule has 104 valence electrons. The Labute approximate surface area is 112 Å². The van der Waals surface area contributed by atoms with Gasteiger partial charge in [0.15, 0.2) is 0 Å². The van der Waals surface area contributed by atoms with Crippen LogP contribution in [0.25, 0.3) is 0 Å². The molecule has 0 aromatic carbocycles. The molecule has 0 aromatic heterocycles. The minimum Gasteiger partial charge on any atom is -0.396 e. The molecule has 1 saturated heterocycles. The zero-order valence-corrected chi connectivity index (χ0v) is 11.9. The molecule has 4 unspecified atom stereocenters. The minimum atomic E-state index is 0.369. The lowest BCUT2D eigenvalue weighted by Gasteiger charge is -2.46. The fraction of sp³-hybridized carbons (Fsp3) is 1.00. The van der Waals surface area contributed by atoms with Gasteiger partial charge in [0, 0.05) is 24.7 Å². The largest absolute Gasteiger partial charge is 0.396 e. The van der Waals surface area contributed by atoms with Crippen LogP contribution in [0, 0.1) is 11.8 Å². The third-order valence-electron chi connectivity index (χ3n) is 5.83. The van der Waals surface area contributed by atoms with Crippen LogP contribution in [-0.4, -0.2) is 34.7 Å². The van der Waals surface area contributed by atoms with Gasteiger partial charge in [-0.1, -0.05) is 19.3 Å². The van der Waals surface area contributed by atoms with Crippen LogP contribution in [0.3, 0.4) is 0 Å². The van der Waals surface area contributed by atoms with Gasteiger partial charge in [0.1, 0.15) is 0 Å². The van der Waals surface area contributed by atoms with E-state index in [0.717, 1.165) is 30.3 Å². The standard InChI is InChI=1S/C16H29NO/c1-12-5-6-15(7-8-18)17(12)16-10-13-3-2-4-14(9-13)11-16/h12-16,18H,2-11H2,1H3. The van der Waals surface area contributed by atoms with Gasteiger partial charge in [-0.2, -0.15) is 0 Å². The maximum atomic E-state index is 9.26. The number of hydrogen-bond donors (Lipinski definition) is 1. The van der Waals surface area contributed by atoms with Gasteiger partial charge in [0.25, 0.3) is 0 Å². The van der Waals surface area contributed by atoms with Crippen molar-refractivity contribution < 1.29 is 5.11 Å². The normalized spacial score (nSPS) is 45.3. The molecule has 1 N–H and O–H groups in total. The zero-order chi connectivity index (χ0) is 12.5. The van der Waals surface area contributed by atoms with Gasteiger partial charge < -0.3 is 5.11 Å². The maximum Gasteiger partial charge on any atom is 0.0445 e. The van der Waals surface area contributed by atoms with E-state index in [2.05, 4.69) is 11.8 Å². The summed E-state index contributed by atoms with van der Waals surface area (Å²) in [7, 11) is 0. The van der Waals surface area contributed by atoms with E-state index in [1.807, 2.05) is 0 Å². The Kier molecular flexibility index (Phi) is 3.95. The van der Waals surface area contributed by atoms with E-state index in [9.17, 15) is 5.11 Å². The molecule has 0 amide bonds. The molecule has 2 bridgehead atoms. The summed E-state index contributed by atoms with van der Waals surface area (Å²) >= 11 is 0. The van der Waals surface area contributed by atoms with Gasteiger partial charge in [-0.3, -0.25) is 4.90 Å². The van der Waals surface area contributed by atoms with Crippen molar-refractivity contribution in [3.8, 4) is 0 Å². The molecule has 1 heterocycles. The average Bonchev–Trinajstić information content (AvgIpc) is 2.70. The highest BCUT2D eigenvalue weighted by Crippen LogP contribution is 2.44. The quantitative estimate of drug-likeness (QED) is 0.832. The molecule has 0 spiro atoms. The molecule has 2 nitrogen and oxygen atoms in total. The fourth-order valence-corrected chi connectivity index (χ4v) is 5.13. The van der Waals surface area contributed by atoms with Crippen LogP contribution >= 0.6 is 0 Å². The molecule has 0 aromatic rings. The number of aliphatic hydroxyl groups is 1. The Bertz CT molecular complexity index is 266. The molecule has 4 atom stereocenters. The maximum absolute atomic E-state index is 9.26. The van der Waals surface area contributed by atoms with Gasteiger partial charge >= 0.3 is 0 Å². The first-order chi connectivity index (χ1) is 8.78. The highest BCUT2D eigenvalue weighted by molar-refractivity contribution is 4.95. The summed E-state index contributed by atoms with van der Waals surface area (Å²) in [5, 5.41) is 9.26. The first kappa shape index (κ1) is 12.9. The summed E-state index contributed by atoms with van der Waals surface area (Å²) in [5.41, 5.74) is 0. The van der Waals surface area contributed by atoms with Crippen molar-refractivity contribution in [2.75, 3.05) is 6.61 Å². The van der Waals surface area contributed by atoms with E-state index in [1.54, 1.807) is 0 Å². The van der Waals surface area contributed by atoms with Crippen molar-refractivity contribution in [1.29, 1.82) is 0 Å². The van der Waals surface area contributed by atoms with Crippen LogP contribution < -0.4 is 0 Å². The second-order valence-corrected chi connectivity index (χ2v) is 7.06. The molecular formula is C16H29NO. The number of nitrogens with zero attached hydrogens (tertiary/aromatic N) is 1. The summed E-state index contributed by atoms with van der Waals surface area (Å²) < 4.78 is 0. The van der Waals surface area contributed by atoms with Crippen LogP contribution in [0.2, 0.25) is 0 Å². The third kappa shape index (κ3) is 2.46. The van der Waals surface area contributed by atoms with Crippen LogP contribution in [-0.2, 0) is 0 Å². The number of likely N-dealkylation sites (tertiary alicyclic amines) is 1. The van der Waals surface area contributed by atoms with Crippen molar-refractivity contribution in [1.82, 2.24) is 4.90 Å². The molecule has 18 heavy (non-hydrogen) atoms. The number of rotatable bonds is 3. The van der Waals surface area contributed by atoms with Gasteiger partial charge in [-0.25, -0.2) is 0 Å². The molecule has 2 heteroatoms. The van der Waals surface area contributed by atoms with Gasteiger partial charge in [-0.05, 0) is 57.3 Å². The van der Waals surface area contributed by atoms with E-state index >= 15 is 0 Å². The van der Waals surface area contributed by atoms with Crippen LogP contribution in [0.5, 0.6) is 0 Å². The van der Waals surface area contributed by atoms with E-state index in [4.69, 9.17) is 0 Å².